The van der Waals surface area contributed by atoms with Gasteiger partial charge in [-0.2, -0.15) is 0 Å². The van der Waals surface area contributed by atoms with Gasteiger partial charge < -0.3 is 28.6 Å². The number of hydrogen-bond donors (Lipinski definition) is 0. The van der Waals surface area contributed by atoms with Gasteiger partial charge in [0.2, 0.25) is 12.5 Å². The zero-order valence-corrected chi connectivity index (χ0v) is 16.0. The monoisotopic (exact) mass is 383 g/mol. The van der Waals surface area contributed by atoms with Crippen LogP contribution in [0.5, 0.6) is 28.7 Å². The van der Waals surface area contributed by atoms with E-state index in [0.29, 0.717) is 41.7 Å². The highest BCUT2D eigenvalue weighted by atomic mass is 16.7. The first-order valence-electron chi connectivity index (χ1n) is 8.86. The molecule has 0 radical (unpaired) electrons. The molecule has 1 saturated heterocycles. The maximum atomic E-state index is 13.0. The molecule has 0 unspecified atom stereocenters. The summed E-state index contributed by atoms with van der Waals surface area (Å²) in [5, 5.41) is 0. The first kappa shape index (κ1) is 18.0. The van der Waals surface area contributed by atoms with Crippen LogP contribution in [-0.4, -0.2) is 40.6 Å². The molecule has 2 heterocycles. The maximum absolute atomic E-state index is 13.0. The van der Waals surface area contributed by atoms with E-state index in [2.05, 4.69) is 0 Å². The molecule has 7 nitrogen and oxygen atoms in total. The number of methoxy groups -OCH3 is 3. The third-order valence-electron chi connectivity index (χ3n) is 4.82. The number of hydrogen-bond acceptors (Lipinski definition) is 6. The molecular formula is C21H21NO6. The van der Waals surface area contributed by atoms with E-state index in [4.69, 9.17) is 23.7 Å². The first-order chi connectivity index (χ1) is 13.6. The minimum Gasteiger partial charge on any atom is -0.493 e. The van der Waals surface area contributed by atoms with Crippen molar-refractivity contribution in [3.63, 3.8) is 0 Å². The smallest absolute Gasteiger partial charge is 0.254 e. The molecule has 0 bridgehead atoms. The summed E-state index contributed by atoms with van der Waals surface area (Å²) >= 11 is 0. The van der Waals surface area contributed by atoms with E-state index in [-0.39, 0.29) is 12.7 Å². The van der Waals surface area contributed by atoms with Crippen LogP contribution < -0.4 is 28.6 Å². The van der Waals surface area contributed by atoms with E-state index in [0.717, 1.165) is 16.9 Å². The molecule has 0 N–H and O–H groups in total. The average Bonchev–Trinajstić information content (AvgIpc) is 3.33. The Morgan fingerprint density at radius 3 is 2.36 bits per heavy atom. The number of nitrogens with zero attached hydrogens (tertiary/aromatic N) is 1. The molecule has 0 aromatic heterocycles. The molecule has 7 heteroatoms. The van der Waals surface area contributed by atoms with Crippen LogP contribution in [0.25, 0.3) is 6.08 Å². The summed E-state index contributed by atoms with van der Waals surface area (Å²) < 4.78 is 26.9. The van der Waals surface area contributed by atoms with Crippen molar-refractivity contribution in [3.8, 4) is 28.7 Å². The first-order valence-corrected chi connectivity index (χ1v) is 8.86. The van der Waals surface area contributed by atoms with Crippen LogP contribution in [0.4, 0.5) is 5.69 Å². The number of benzene rings is 2. The summed E-state index contributed by atoms with van der Waals surface area (Å²) in [5.74, 6) is 2.89. The van der Waals surface area contributed by atoms with Gasteiger partial charge in [-0.1, -0.05) is 6.07 Å². The lowest BCUT2D eigenvalue weighted by Gasteiger charge is -2.19. The van der Waals surface area contributed by atoms with Crippen molar-refractivity contribution in [2.75, 3.05) is 39.6 Å². The fraction of sp³-hybridized carbons (Fsp3) is 0.286. The van der Waals surface area contributed by atoms with Crippen molar-refractivity contribution in [1.82, 2.24) is 0 Å². The fourth-order valence-corrected chi connectivity index (χ4v) is 3.42. The van der Waals surface area contributed by atoms with Crippen molar-refractivity contribution in [2.24, 2.45) is 0 Å². The molecule has 1 amide bonds. The van der Waals surface area contributed by atoms with Gasteiger partial charge in [0.25, 0.3) is 5.91 Å². The number of rotatable bonds is 5. The lowest BCUT2D eigenvalue weighted by atomic mass is 10.1. The Hall–Kier alpha value is -3.35. The molecule has 2 aliphatic heterocycles. The van der Waals surface area contributed by atoms with Crippen LogP contribution in [0.3, 0.4) is 0 Å². The maximum Gasteiger partial charge on any atom is 0.254 e. The Balaban J connectivity index is 1.62. The highest BCUT2D eigenvalue weighted by Gasteiger charge is 2.29. The standard InChI is InChI=1S/C21H21NO6/c1-24-18-10-15(11-19(25-2)20(18)26-3)22-7-6-14(21(22)23)8-13-4-5-16-17(9-13)28-12-27-16/h4-5,8-11H,6-7,12H2,1-3H3/b14-8-. The highest BCUT2D eigenvalue weighted by Crippen LogP contribution is 2.42. The normalized spacial score (nSPS) is 16.6. The van der Waals surface area contributed by atoms with Gasteiger partial charge in [-0.25, -0.2) is 0 Å². The molecule has 0 saturated carbocycles. The molecule has 0 spiro atoms. The zero-order chi connectivity index (χ0) is 19.7. The Morgan fingerprint density at radius 1 is 0.964 bits per heavy atom. The molecule has 2 aliphatic rings. The van der Waals surface area contributed by atoms with E-state index in [1.165, 1.54) is 0 Å². The lowest BCUT2D eigenvalue weighted by molar-refractivity contribution is -0.114. The Morgan fingerprint density at radius 2 is 1.68 bits per heavy atom. The quantitative estimate of drug-likeness (QED) is 0.739. The molecule has 0 atom stereocenters. The number of ether oxygens (including phenoxy) is 5. The third-order valence-corrected chi connectivity index (χ3v) is 4.82. The third kappa shape index (κ3) is 3.09. The fourth-order valence-electron chi connectivity index (χ4n) is 3.42. The molecule has 2 aromatic rings. The van der Waals surface area contributed by atoms with Gasteiger partial charge in [0, 0.05) is 24.3 Å². The van der Waals surface area contributed by atoms with Gasteiger partial charge in [-0.05, 0) is 30.2 Å². The molecule has 28 heavy (non-hydrogen) atoms. The summed E-state index contributed by atoms with van der Waals surface area (Å²) in [4.78, 5) is 14.7. The van der Waals surface area contributed by atoms with Gasteiger partial charge in [0.1, 0.15) is 0 Å². The minimum absolute atomic E-state index is 0.0491. The Bertz CT molecular complexity index is 927. The summed E-state index contributed by atoms with van der Waals surface area (Å²) in [7, 11) is 4.66. The second-order valence-electron chi connectivity index (χ2n) is 6.37. The Kier molecular flexibility index (Phi) is 4.73. The molecule has 2 aromatic carbocycles. The van der Waals surface area contributed by atoms with Crippen LogP contribution in [0.2, 0.25) is 0 Å². The van der Waals surface area contributed by atoms with E-state index in [1.54, 1.807) is 38.4 Å². The van der Waals surface area contributed by atoms with Crippen molar-refractivity contribution in [3.05, 3.63) is 41.5 Å². The second kappa shape index (κ2) is 7.34. The number of fused-ring (bicyclic) bond motifs is 1. The van der Waals surface area contributed by atoms with Crippen LogP contribution in [-0.2, 0) is 4.79 Å². The number of anilines is 1. The Labute approximate surface area is 163 Å². The highest BCUT2D eigenvalue weighted by molar-refractivity contribution is 6.11. The van der Waals surface area contributed by atoms with E-state index >= 15 is 0 Å². The SMILES string of the molecule is COc1cc(N2CC/C(=C/c3ccc4c(c3)OCO4)C2=O)cc(OC)c1OC. The van der Waals surface area contributed by atoms with Gasteiger partial charge in [0.15, 0.2) is 23.0 Å². The minimum atomic E-state index is -0.0491. The average molecular weight is 383 g/mol. The van der Waals surface area contributed by atoms with Gasteiger partial charge >= 0.3 is 0 Å². The van der Waals surface area contributed by atoms with Crippen molar-refractivity contribution in [2.45, 2.75) is 6.42 Å². The summed E-state index contributed by atoms with van der Waals surface area (Å²) in [6.45, 7) is 0.803. The summed E-state index contributed by atoms with van der Waals surface area (Å²) in [5.41, 5.74) is 2.33. The van der Waals surface area contributed by atoms with Crippen molar-refractivity contribution < 1.29 is 28.5 Å². The van der Waals surface area contributed by atoms with Crippen molar-refractivity contribution in [1.29, 1.82) is 0 Å². The molecule has 146 valence electrons. The van der Waals surface area contributed by atoms with E-state index in [1.807, 2.05) is 24.3 Å². The van der Waals surface area contributed by atoms with Crippen LogP contribution in [0, 0.1) is 0 Å². The van der Waals surface area contributed by atoms with Gasteiger partial charge in [-0.3, -0.25) is 4.79 Å². The predicted molar refractivity (Wildman–Crippen MR) is 104 cm³/mol. The topological polar surface area (TPSA) is 66.5 Å². The molecule has 4 rings (SSSR count). The van der Waals surface area contributed by atoms with E-state index in [9.17, 15) is 4.79 Å². The summed E-state index contributed by atoms with van der Waals surface area (Å²) in [6.07, 6.45) is 2.53. The van der Waals surface area contributed by atoms with Crippen molar-refractivity contribution >= 4 is 17.7 Å². The van der Waals surface area contributed by atoms with Gasteiger partial charge in [0.05, 0.1) is 27.0 Å². The summed E-state index contributed by atoms with van der Waals surface area (Å²) in [6, 6.07) is 9.21. The van der Waals surface area contributed by atoms with Crippen LogP contribution in [0.15, 0.2) is 35.9 Å². The van der Waals surface area contributed by atoms with Gasteiger partial charge in [-0.15, -0.1) is 0 Å². The van der Waals surface area contributed by atoms with Crippen LogP contribution in [0.1, 0.15) is 12.0 Å². The number of amides is 1. The molecular weight excluding hydrogens is 362 g/mol. The second-order valence-corrected chi connectivity index (χ2v) is 6.37. The van der Waals surface area contributed by atoms with Crippen LogP contribution >= 0.6 is 0 Å². The number of carbonyl (C=O) groups excluding carboxylic acids is 1. The predicted octanol–water partition coefficient (Wildman–Crippen LogP) is 3.26. The number of carbonyl (C=O) groups is 1. The largest absolute Gasteiger partial charge is 0.493 e. The molecule has 1 fully saturated rings. The zero-order valence-electron chi connectivity index (χ0n) is 16.0. The molecule has 0 aliphatic carbocycles. The lowest BCUT2D eigenvalue weighted by Crippen LogP contribution is -2.24. The van der Waals surface area contributed by atoms with E-state index < -0.39 is 0 Å².